The van der Waals surface area contributed by atoms with Crippen LogP contribution in [0.4, 0.5) is 11.6 Å². The van der Waals surface area contributed by atoms with Gasteiger partial charge in [-0.15, -0.1) is 0 Å². The van der Waals surface area contributed by atoms with Gasteiger partial charge in [-0.25, -0.2) is 0 Å². The molecule has 10 nitrogen and oxygen atoms in total. The standard InChI is InChI=1S/C31H41N5O5/c1-20-17-21-9-10-31(2,3)24(21)19-22(20)18-23-7-8-25(41-23)27(37)33-26-28(38-4)34-30(35-29(26)39-5)32-11-6-12-36-13-15-40-16-14-36/h7-8,17,19H,6,9-16,18H2,1-5H3,(H,33,37)(H,32,34,35). The van der Waals surface area contributed by atoms with Gasteiger partial charge in [-0.05, 0) is 72.5 Å². The van der Waals surface area contributed by atoms with Gasteiger partial charge in [0.05, 0.1) is 27.4 Å². The smallest absolute Gasteiger partial charge is 0.291 e. The van der Waals surface area contributed by atoms with E-state index in [2.05, 4.69) is 58.4 Å². The van der Waals surface area contributed by atoms with Crippen LogP contribution >= 0.6 is 0 Å². The highest BCUT2D eigenvalue weighted by Gasteiger charge is 2.30. The number of ether oxygens (including phenoxy) is 3. The van der Waals surface area contributed by atoms with Crippen LogP contribution in [0.1, 0.15) is 65.3 Å². The van der Waals surface area contributed by atoms with Crippen molar-refractivity contribution in [3.05, 3.63) is 58.0 Å². The van der Waals surface area contributed by atoms with Crippen molar-refractivity contribution in [1.82, 2.24) is 14.9 Å². The van der Waals surface area contributed by atoms with Gasteiger partial charge in [0.25, 0.3) is 5.91 Å². The Morgan fingerprint density at radius 1 is 1.10 bits per heavy atom. The summed E-state index contributed by atoms with van der Waals surface area (Å²) < 4.78 is 22.3. The number of benzene rings is 1. The first kappa shape index (κ1) is 28.9. The Labute approximate surface area is 241 Å². The number of rotatable bonds is 11. The zero-order valence-corrected chi connectivity index (χ0v) is 24.8. The van der Waals surface area contributed by atoms with Crippen molar-refractivity contribution in [3.63, 3.8) is 0 Å². The first-order chi connectivity index (χ1) is 19.8. The summed E-state index contributed by atoms with van der Waals surface area (Å²) in [6.07, 6.45) is 3.83. The summed E-state index contributed by atoms with van der Waals surface area (Å²) >= 11 is 0. The fraction of sp³-hybridized carbons (Fsp3) is 0.516. The van der Waals surface area contributed by atoms with Crippen molar-refractivity contribution in [3.8, 4) is 11.8 Å². The monoisotopic (exact) mass is 563 g/mol. The number of furan rings is 1. The van der Waals surface area contributed by atoms with E-state index in [1.165, 1.54) is 42.9 Å². The number of aromatic nitrogens is 2. The van der Waals surface area contributed by atoms with E-state index >= 15 is 0 Å². The number of morpholine rings is 1. The quantitative estimate of drug-likeness (QED) is 0.324. The first-order valence-corrected chi connectivity index (χ1v) is 14.3. The molecular formula is C31H41N5O5. The molecule has 0 unspecified atom stereocenters. The van der Waals surface area contributed by atoms with Crippen molar-refractivity contribution < 1.29 is 23.4 Å². The molecule has 0 saturated carbocycles. The van der Waals surface area contributed by atoms with Crippen LogP contribution in [0.25, 0.3) is 0 Å². The molecule has 0 spiro atoms. The Kier molecular flexibility index (Phi) is 8.79. The number of carbonyl (C=O) groups excluding carboxylic acids is 1. The minimum Gasteiger partial charge on any atom is -0.479 e. The fourth-order valence-electron chi connectivity index (χ4n) is 5.61. The SMILES string of the molecule is COc1nc(NCCCN2CCOCC2)nc(OC)c1NC(=O)c1ccc(Cc2cc3c(cc2C)CCC3(C)C)o1. The second-order valence-corrected chi connectivity index (χ2v) is 11.4. The van der Waals surface area contributed by atoms with Gasteiger partial charge in [0, 0.05) is 26.1 Å². The van der Waals surface area contributed by atoms with Crippen LogP contribution in [0.3, 0.4) is 0 Å². The number of aryl methyl sites for hydroxylation is 2. The normalized spacial score (nSPS) is 16.3. The highest BCUT2D eigenvalue weighted by atomic mass is 16.5. The van der Waals surface area contributed by atoms with Gasteiger partial charge < -0.3 is 29.3 Å². The summed E-state index contributed by atoms with van der Waals surface area (Å²) in [5.41, 5.74) is 5.73. The van der Waals surface area contributed by atoms with E-state index in [-0.39, 0.29) is 28.6 Å². The number of fused-ring (bicyclic) bond motifs is 1. The predicted molar refractivity (Wildman–Crippen MR) is 157 cm³/mol. The third kappa shape index (κ3) is 6.65. The maximum atomic E-state index is 13.2. The van der Waals surface area contributed by atoms with Gasteiger partial charge in [-0.3, -0.25) is 9.69 Å². The fourth-order valence-corrected chi connectivity index (χ4v) is 5.61. The van der Waals surface area contributed by atoms with Gasteiger partial charge >= 0.3 is 0 Å². The number of methoxy groups -OCH3 is 2. The summed E-state index contributed by atoms with van der Waals surface area (Å²) in [7, 11) is 2.98. The number of anilines is 2. The molecule has 10 heteroatoms. The Hall–Kier alpha value is -3.63. The number of nitrogens with zero attached hydrogens (tertiary/aromatic N) is 3. The van der Waals surface area contributed by atoms with Gasteiger partial charge in [0.15, 0.2) is 11.4 Å². The molecule has 1 amide bonds. The third-order valence-electron chi connectivity index (χ3n) is 8.07. The number of hydrogen-bond donors (Lipinski definition) is 2. The summed E-state index contributed by atoms with van der Waals surface area (Å²) in [6, 6.07) is 8.14. The lowest BCUT2D eigenvalue weighted by Gasteiger charge is -2.26. The number of nitrogens with one attached hydrogen (secondary N) is 2. The molecule has 2 aromatic heterocycles. The lowest BCUT2D eigenvalue weighted by molar-refractivity contribution is 0.0378. The van der Waals surface area contributed by atoms with Crippen LogP contribution in [0, 0.1) is 6.92 Å². The largest absolute Gasteiger partial charge is 0.479 e. The Morgan fingerprint density at radius 2 is 1.83 bits per heavy atom. The molecule has 2 aliphatic rings. The van der Waals surface area contributed by atoms with Gasteiger partial charge in [0.1, 0.15) is 5.76 Å². The second kappa shape index (κ2) is 12.5. The minimum atomic E-state index is -0.436. The van der Waals surface area contributed by atoms with E-state index in [0.717, 1.165) is 51.4 Å². The third-order valence-corrected chi connectivity index (χ3v) is 8.07. The lowest BCUT2D eigenvalue weighted by Crippen LogP contribution is -2.37. The van der Waals surface area contributed by atoms with Gasteiger partial charge in [0.2, 0.25) is 17.7 Å². The average Bonchev–Trinajstić information content (AvgIpc) is 3.56. The zero-order chi connectivity index (χ0) is 29.0. The molecule has 1 saturated heterocycles. The highest BCUT2D eigenvalue weighted by molar-refractivity contribution is 6.03. The topological polar surface area (TPSA) is 111 Å². The average molecular weight is 564 g/mol. The number of hydrogen-bond acceptors (Lipinski definition) is 9. The molecule has 41 heavy (non-hydrogen) atoms. The van der Waals surface area contributed by atoms with Gasteiger partial charge in [-0.2, -0.15) is 9.97 Å². The molecule has 3 aromatic rings. The van der Waals surface area contributed by atoms with E-state index in [0.29, 0.717) is 18.9 Å². The zero-order valence-electron chi connectivity index (χ0n) is 24.8. The molecule has 1 aliphatic heterocycles. The van der Waals surface area contributed by atoms with Crippen molar-refractivity contribution in [2.24, 2.45) is 0 Å². The summed E-state index contributed by atoms with van der Waals surface area (Å²) in [4.78, 5) is 24.4. The van der Waals surface area contributed by atoms with Gasteiger partial charge in [-0.1, -0.05) is 26.0 Å². The highest BCUT2D eigenvalue weighted by Crippen LogP contribution is 2.40. The van der Waals surface area contributed by atoms with E-state index < -0.39 is 5.91 Å². The van der Waals surface area contributed by atoms with E-state index in [1.807, 2.05) is 6.07 Å². The van der Waals surface area contributed by atoms with Crippen LogP contribution in [0.15, 0.2) is 28.7 Å². The minimum absolute atomic E-state index is 0.181. The van der Waals surface area contributed by atoms with Crippen LogP contribution < -0.4 is 20.1 Å². The Balaban J connectivity index is 1.23. The molecule has 220 valence electrons. The molecule has 1 fully saturated rings. The second-order valence-electron chi connectivity index (χ2n) is 11.4. The number of amides is 1. The molecule has 1 aliphatic carbocycles. The molecular weight excluding hydrogens is 522 g/mol. The molecule has 5 rings (SSSR count). The van der Waals surface area contributed by atoms with E-state index in [9.17, 15) is 4.79 Å². The Bertz CT molecular complexity index is 1350. The Morgan fingerprint density at radius 3 is 2.54 bits per heavy atom. The van der Waals surface area contributed by atoms with Crippen molar-refractivity contribution in [2.75, 3.05) is 64.2 Å². The predicted octanol–water partition coefficient (Wildman–Crippen LogP) is 4.60. The maximum Gasteiger partial charge on any atom is 0.291 e. The van der Waals surface area contributed by atoms with Crippen LogP contribution in [-0.2, 0) is 23.0 Å². The molecule has 0 radical (unpaired) electrons. The van der Waals surface area contributed by atoms with Crippen LogP contribution in [0.5, 0.6) is 11.8 Å². The lowest BCUT2D eigenvalue weighted by atomic mass is 9.84. The van der Waals surface area contributed by atoms with Crippen molar-refractivity contribution >= 4 is 17.5 Å². The van der Waals surface area contributed by atoms with E-state index in [1.54, 1.807) is 6.07 Å². The van der Waals surface area contributed by atoms with Crippen molar-refractivity contribution in [2.45, 2.75) is 51.9 Å². The number of carbonyl (C=O) groups is 1. The first-order valence-electron chi connectivity index (χ1n) is 14.3. The molecule has 1 aromatic carbocycles. The van der Waals surface area contributed by atoms with Crippen LogP contribution in [0.2, 0.25) is 0 Å². The molecule has 3 heterocycles. The molecule has 2 N–H and O–H groups in total. The van der Waals surface area contributed by atoms with E-state index in [4.69, 9.17) is 18.6 Å². The van der Waals surface area contributed by atoms with Crippen molar-refractivity contribution in [1.29, 1.82) is 0 Å². The molecule has 0 bridgehead atoms. The summed E-state index contributed by atoms with van der Waals surface area (Å²) in [6.45, 7) is 11.9. The maximum absolute atomic E-state index is 13.2. The molecule has 0 atom stereocenters. The van der Waals surface area contributed by atoms with Crippen LogP contribution in [-0.4, -0.2) is 74.4 Å². The summed E-state index contributed by atoms with van der Waals surface area (Å²) in [5, 5.41) is 6.04. The summed E-state index contributed by atoms with van der Waals surface area (Å²) in [5.74, 6) is 1.24.